The second-order valence-electron chi connectivity index (χ2n) is 6.42. The van der Waals surface area contributed by atoms with E-state index >= 15 is 0 Å². The van der Waals surface area contributed by atoms with E-state index in [0.717, 1.165) is 27.6 Å². The van der Waals surface area contributed by atoms with E-state index < -0.39 is 6.10 Å². The number of carbonyl (C=O) groups excluding carboxylic acids is 1. The fraction of sp³-hybridized carbons (Fsp3) is 0.182. The number of halogens is 1. The van der Waals surface area contributed by atoms with Crippen molar-refractivity contribution in [2.24, 2.45) is 5.73 Å². The van der Waals surface area contributed by atoms with E-state index in [4.69, 9.17) is 20.6 Å². The zero-order valence-electron chi connectivity index (χ0n) is 16.3. The average Bonchev–Trinajstić information content (AvgIpc) is 2.72. The first kappa shape index (κ1) is 22.2. The van der Waals surface area contributed by atoms with Gasteiger partial charge in [-0.2, -0.15) is 0 Å². The summed E-state index contributed by atoms with van der Waals surface area (Å²) < 4.78 is 10.7. The van der Waals surface area contributed by atoms with Gasteiger partial charge in [0.25, 0.3) is 5.91 Å². The van der Waals surface area contributed by atoms with Crippen LogP contribution in [0.15, 0.2) is 60.7 Å². The molecule has 0 radical (unpaired) electrons. The normalized spacial score (nSPS) is 11.4. The molecule has 0 aromatic heterocycles. The van der Waals surface area contributed by atoms with Crippen LogP contribution in [0.25, 0.3) is 10.8 Å². The molecule has 1 atom stereocenters. The van der Waals surface area contributed by atoms with E-state index in [-0.39, 0.29) is 24.1 Å². The Bertz CT molecular complexity index is 1010. The van der Waals surface area contributed by atoms with Crippen LogP contribution >= 0.6 is 12.4 Å². The van der Waals surface area contributed by atoms with Crippen LogP contribution in [0.5, 0.6) is 5.75 Å². The summed E-state index contributed by atoms with van der Waals surface area (Å²) in [6.07, 6.45) is -0.706. The average molecular weight is 414 g/mol. The number of fused-ring (bicyclic) bond motifs is 1. The lowest BCUT2D eigenvalue weighted by atomic mass is 10.0. The van der Waals surface area contributed by atoms with E-state index in [1.165, 1.54) is 7.11 Å². The van der Waals surface area contributed by atoms with E-state index in [1.807, 2.05) is 48.5 Å². The minimum absolute atomic E-state index is 0. The molecule has 0 fully saturated rings. The molecule has 0 spiro atoms. The van der Waals surface area contributed by atoms with Crippen LogP contribution in [0.1, 0.15) is 22.8 Å². The molecule has 1 unspecified atom stereocenters. The maximum atomic E-state index is 12.6. The van der Waals surface area contributed by atoms with Gasteiger partial charge < -0.3 is 20.5 Å². The van der Waals surface area contributed by atoms with Crippen molar-refractivity contribution in [3.63, 3.8) is 0 Å². The minimum atomic E-state index is -0.706. The molecular weight excluding hydrogens is 390 g/mol. The lowest BCUT2D eigenvalue weighted by molar-refractivity contribution is -0.131. The summed E-state index contributed by atoms with van der Waals surface area (Å²) >= 11 is 0. The Morgan fingerprint density at radius 1 is 1.03 bits per heavy atom. The van der Waals surface area contributed by atoms with Gasteiger partial charge in [0.1, 0.15) is 11.6 Å². The van der Waals surface area contributed by atoms with E-state index in [0.29, 0.717) is 12.1 Å². The molecule has 6 nitrogen and oxygen atoms in total. The Morgan fingerprint density at radius 2 is 1.69 bits per heavy atom. The number of benzene rings is 3. The largest absolute Gasteiger partial charge is 0.497 e. The van der Waals surface area contributed by atoms with Crippen molar-refractivity contribution in [1.82, 2.24) is 5.32 Å². The molecule has 4 N–H and O–H groups in total. The van der Waals surface area contributed by atoms with Gasteiger partial charge in [-0.1, -0.05) is 42.5 Å². The summed E-state index contributed by atoms with van der Waals surface area (Å²) in [7, 11) is 3.15. The van der Waals surface area contributed by atoms with E-state index in [2.05, 4.69) is 5.32 Å². The molecule has 0 saturated heterocycles. The number of carbonyl (C=O) groups is 1. The highest BCUT2D eigenvalue weighted by Crippen LogP contribution is 2.26. The molecule has 0 saturated carbocycles. The van der Waals surface area contributed by atoms with Crippen LogP contribution in [0.3, 0.4) is 0 Å². The second kappa shape index (κ2) is 9.91. The summed E-state index contributed by atoms with van der Waals surface area (Å²) in [5.41, 5.74) is 7.80. The minimum Gasteiger partial charge on any atom is -0.497 e. The van der Waals surface area contributed by atoms with Crippen LogP contribution in [-0.4, -0.2) is 26.0 Å². The SMILES string of the molecule is COc1ccc2cc(C(OC)C(=O)NCc3ccc(C(=N)N)cc3)ccc2c1.Cl. The van der Waals surface area contributed by atoms with Crippen LogP contribution in [0.2, 0.25) is 0 Å². The first-order valence-corrected chi connectivity index (χ1v) is 8.83. The number of nitrogen functional groups attached to an aromatic ring is 1. The molecule has 0 aliphatic heterocycles. The highest BCUT2D eigenvalue weighted by Gasteiger charge is 2.20. The predicted octanol–water partition coefficient (Wildman–Crippen LogP) is 3.56. The zero-order chi connectivity index (χ0) is 20.1. The van der Waals surface area contributed by atoms with Gasteiger partial charge in [0.15, 0.2) is 6.10 Å². The van der Waals surface area contributed by atoms with Crippen molar-refractivity contribution in [2.45, 2.75) is 12.6 Å². The summed E-state index contributed by atoms with van der Waals surface area (Å²) in [6.45, 7) is 0.363. The van der Waals surface area contributed by atoms with Crippen molar-refractivity contribution in [3.8, 4) is 5.75 Å². The third-order valence-corrected chi connectivity index (χ3v) is 4.58. The Labute approximate surface area is 175 Å². The number of ether oxygens (including phenoxy) is 2. The Kier molecular flexibility index (Phi) is 7.59. The quantitative estimate of drug-likeness (QED) is 0.407. The monoisotopic (exact) mass is 413 g/mol. The molecule has 7 heteroatoms. The Hall–Kier alpha value is -3.09. The molecule has 3 rings (SSSR count). The highest BCUT2D eigenvalue weighted by atomic mass is 35.5. The van der Waals surface area contributed by atoms with Crippen LogP contribution in [-0.2, 0) is 16.1 Å². The number of methoxy groups -OCH3 is 2. The molecule has 152 valence electrons. The van der Waals surface area contributed by atoms with Gasteiger partial charge in [0.05, 0.1) is 7.11 Å². The molecule has 0 aliphatic carbocycles. The summed E-state index contributed by atoms with van der Waals surface area (Å²) in [5, 5.41) is 12.4. The standard InChI is InChI=1S/C22H23N3O3.ClH/c1-27-19-10-9-16-11-18(8-7-17(16)12-19)20(28-2)22(26)25-13-14-3-5-15(6-4-14)21(23)24;/h3-12,20H,13H2,1-2H3,(H3,23,24)(H,25,26);1H. The van der Waals surface area contributed by atoms with Crippen LogP contribution < -0.4 is 15.8 Å². The van der Waals surface area contributed by atoms with Crippen molar-refractivity contribution in [1.29, 1.82) is 5.41 Å². The number of nitrogens with one attached hydrogen (secondary N) is 2. The Balaban J connectivity index is 0.00000300. The van der Waals surface area contributed by atoms with Gasteiger partial charge in [-0.3, -0.25) is 10.2 Å². The number of nitrogens with two attached hydrogens (primary N) is 1. The van der Waals surface area contributed by atoms with Crippen LogP contribution in [0.4, 0.5) is 0 Å². The van der Waals surface area contributed by atoms with E-state index in [1.54, 1.807) is 19.2 Å². The van der Waals surface area contributed by atoms with Gasteiger partial charge in [-0.05, 0) is 40.1 Å². The summed E-state index contributed by atoms with van der Waals surface area (Å²) in [5.74, 6) is 0.590. The third kappa shape index (κ3) is 5.25. The lowest BCUT2D eigenvalue weighted by Gasteiger charge is -2.16. The van der Waals surface area contributed by atoms with Gasteiger partial charge in [-0.25, -0.2) is 0 Å². The first-order chi connectivity index (χ1) is 13.5. The van der Waals surface area contributed by atoms with Crippen molar-refractivity contribution >= 4 is 34.9 Å². The number of hydrogen-bond acceptors (Lipinski definition) is 4. The van der Waals surface area contributed by atoms with E-state index in [9.17, 15) is 4.79 Å². The molecule has 0 bridgehead atoms. The van der Waals surface area contributed by atoms with Crippen molar-refractivity contribution in [2.75, 3.05) is 14.2 Å². The summed E-state index contributed by atoms with van der Waals surface area (Å²) in [6, 6.07) is 18.8. The number of amidine groups is 1. The molecule has 1 amide bonds. The molecule has 0 heterocycles. The molecular formula is C22H24ClN3O3. The predicted molar refractivity (Wildman–Crippen MR) is 117 cm³/mol. The first-order valence-electron chi connectivity index (χ1n) is 8.83. The second-order valence-corrected chi connectivity index (χ2v) is 6.42. The maximum Gasteiger partial charge on any atom is 0.254 e. The van der Waals surface area contributed by atoms with Gasteiger partial charge in [-0.15, -0.1) is 12.4 Å². The fourth-order valence-corrected chi connectivity index (χ4v) is 3.01. The molecule has 3 aromatic rings. The molecule has 3 aromatic carbocycles. The smallest absolute Gasteiger partial charge is 0.254 e. The van der Waals surface area contributed by atoms with Crippen LogP contribution in [0, 0.1) is 5.41 Å². The topological polar surface area (TPSA) is 97.4 Å². The summed E-state index contributed by atoms with van der Waals surface area (Å²) in [4.78, 5) is 12.6. The Morgan fingerprint density at radius 3 is 2.31 bits per heavy atom. The number of amides is 1. The lowest BCUT2D eigenvalue weighted by Crippen LogP contribution is -2.30. The zero-order valence-corrected chi connectivity index (χ0v) is 17.1. The van der Waals surface area contributed by atoms with Crippen molar-refractivity contribution < 1.29 is 14.3 Å². The van der Waals surface area contributed by atoms with Gasteiger partial charge >= 0.3 is 0 Å². The van der Waals surface area contributed by atoms with Gasteiger partial charge in [0.2, 0.25) is 0 Å². The molecule has 29 heavy (non-hydrogen) atoms. The third-order valence-electron chi connectivity index (χ3n) is 4.58. The highest BCUT2D eigenvalue weighted by molar-refractivity contribution is 5.95. The number of hydrogen-bond donors (Lipinski definition) is 3. The molecule has 0 aliphatic rings. The maximum absolute atomic E-state index is 12.6. The fourth-order valence-electron chi connectivity index (χ4n) is 3.01. The van der Waals surface area contributed by atoms with Crippen molar-refractivity contribution in [3.05, 3.63) is 77.4 Å². The number of rotatable bonds is 7. The van der Waals surface area contributed by atoms with Gasteiger partial charge in [0, 0.05) is 19.2 Å².